The van der Waals surface area contributed by atoms with Crippen LogP contribution in [0, 0.1) is 13.8 Å². The molecule has 0 saturated carbocycles. The number of carbonyl (C=O) groups is 1. The number of thioether (sulfide) groups is 1. The van der Waals surface area contributed by atoms with Crippen molar-refractivity contribution in [2.45, 2.75) is 30.2 Å². The average molecular weight is 569 g/mol. The summed E-state index contributed by atoms with van der Waals surface area (Å²) in [7, 11) is 0. The summed E-state index contributed by atoms with van der Waals surface area (Å²) >= 11 is 15.7. The number of thiazole rings is 1. The standard InChI is InChI=1S/C26H19Cl2N5O2S2/c1-12-6-15(8-16(7-12)32-5-4-29-11-32)21-13(2)31-33(23(21)24(34)35)26-30-22-18-10-20(28)19(27)9-17(18)14(3)36-25(22)37-26/h4-11,14H,1-3H3,(H,34,35). The van der Waals surface area contributed by atoms with Crippen molar-refractivity contribution in [1.29, 1.82) is 0 Å². The summed E-state index contributed by atoms with van der Waals surface area (Å²) in [6, 6.07) is 9.65. The maximum absolute atomic E-state index is 12.6. The number of rotatable bonds is 4. The molecule has 2 aromatic carbocycles. The number of aromatic nitrogens is 5. The topological polar surface area (TPSA) is 85.8 Å². The Morgan fingerprint density at radius 3 is 2.62 bits per heavy atom. The van der Waals surface area contributed by atoms with Crippen molar-refractivity contribution in [1.82, 2.24) is 24.3 Å². The maximum Gasteiger partial charge on any atom is 0.355 e. The fourth-order valence-corrected chi connectivity index (χ4v) is 7.51. The lowest BCUT2D eigenvalue weighted by atomic mass is 10.00. The fraction of sp³-hybridized carbons (Fsp3) is 0.154. The Labute approximate surface area is 230 Å². The molecule has 1 unspecified atom stereocenters. The smallest absolute Gasteiger partial charge is 0.355 e. The van der Waals surface area contributed by atoms with Gasteiger partial charge in [-0.05, 0) is 61.7 Å². The number of aryl methyl sites for hydroxylation is 2. The minimum atomic E-state index is -1.08. The molecular formula is C26H19Cl2N5O2S2. The number of carboxylic acid groups (broad SMARTS) is 1. The number of fused-ring (bicyclic) bond motifs is 3. The normalized spacial score (nSPS) is 14.5. The van der Waals surface area contributed by atoms with Gasteiger partial charge in [-0.2, -0.15) is 9.78 Å². The van der Waals surface area contributed by atoms with E-state index in [1.807, 2.05) is 54.9 Å². The summed E-state index contributed by atoms with van der Waals surface area (Å²) in [6.45, 7) is 5.90. The number of imidazole rings is 1. The number of aromatic carboxylic acids is 1. The van der Waals surface area contributed by atoms with Crippen LogP contribution in [-0.2, 0) is 0 Å². The van der Waals surface area contributed by atoms with Crippen LogP contribution in [0.25, 0.3) is 33.2 Å². The molecule has 4 heterocycles. The first-order valence-corrected chi connectivity index (χ1v) is 13.8. The van der Waals surface area contributed by atoms with Crippen molar-refractivity contribution in [3.8, 4) is 33.2 Å². The lowest BCUT2D eigenvalue weighted by molar-refractivity contribution is 0.0688. The SMILES string of the molecule is Cc1cc(-c2c(C)nn(-c3nc4c(s3)SC(C)c3cc(Cl)c(Cl)cc3-4)c2C(=O)O)cc(-n2ccnc2)c1. The van der Waals surface area contributed by atoms with Gasteiger partial charge in [0.05, 0.1) is 32.0 Å². The molecule has 7 nitrogen and oxygen atoms in total. The predicted molar refractivity (Wildman–Crippen MR) is 148 cm³/mol. The zero-order valence-electron chi connectivity index (χ0n) is 19.9. The Balaban J connectivity index is 1.52. The van der Waals surface area contributed by atoms with Crippen LogP contribution in [0.1, 0.15) is 39.5 Å². The molecule has 0 bridgehead atoms. The molecule has 0 amide bonds. The van der Waals surface area contributed by atoms with E-state index in [1.54, 1.807) is 24.3 Å². The van der Waals surface area contributed by atoms with Crippen LogP contribution in [0.3, 0.4) is 0 Å². The second kappa shape index (κ2) is 9.02. The Bertz CT molecular complexity index is 1710. The summed E-state index contributed by atoms with van der Waals surface area (Å²) in [5, 5.41) is 16.6. The molecule has 0 radical (unpaired) electrons. The van der Waals surface area contributed by atoms with Crippen molar-refractivity contribution in [3.63, 3.8) is 0 Å². The van der Waals surface area contributed by atoms with Crippen LogP contribution in [0.5, 0.6) is 0 Å². The number of carboxylic acids is 1. The summed E-state index contributed by atoms with van der Waals surface area (Å²) in [6.07, 6.45) is 5.27. The monoisotopic (exact) mass is 567 g/mol. The third-order valence-electron chi connectivity index (χ3n) is 6.25. The fourth-order valence-electron chi connectivity index (χ4n) is 4.64. The highest BCUT2D eigenvalue weighted by Gasteiger charge is 2.31. The first-order chi connectivity index (χ1) is 17.7. The van der Waals surface area contributed by atoms with E-state index in [1.165, 1.54) is 16.0 Å². The lowest BCUT2D eigenvalue weighted by Crippen LogP contribution is -2.09. The molecule has 5 aromatic rings. The van der Waals surface area contributed by atoms with E-state index in [0.717, 1.165) is 37.8 Å². The highest BCUT2D eigenvalue weighted by Crippen LogP contribution is 2.53. The molecule has 1 N–H and O–H groups in total. The van der Waals surface area contributed by atoms with Crippen molar-refractivity contribution in [2.24, 2.45) is 0 Å². The average Bonchev–Trinajstić information content (AvgIpc) is 3.58. The lowest BCUT2D eigenvalue weighted by Gasteiger charge is -2.21. The molecule has 1 aliphatic heterocycles. The number of benzene rings is 2. The molecule has 1 aliphatic rings. The van der Waals surface area contributed by atoms with Crippen LogP contribution in [-0.4, -0.2) is 35.4 Å². The van der Waals surface area contributed by atoms with E-state index in [0.29, 0.717) is 26.4 Å². The van der Waals surface area contributed by atoms with Gasteiger partial charge < -0.3 is 9.67 Å². The van der Waals surface area contributed by atoms with Gasteiger partial charge in [-0.25, -0.2) is 14.8 Å². The first kappa shape index (κ1) is 24.2. The van der Waals surface area contributed by atoms with E-state index < -0.39 is 5.97 Å². The molecule has 0 aliphatic carbocycles. The van der Waals surface area contributed by atoms with Gasteiger partial charge in [0.1, 0.15) is 0 Å². The van der Waals surface area contributed by atoms with E-state index in [4.69, 9.17) is 28.2 Å². The quantitative estimate of drug-likeness (QED) is 0.240. The molecule has 0 saturated heterocycles. The molecule has 1 atom stereocenters. The van der Waals surface area contributed by atoms with Crippen LogP contribution >= 0.6 is 46.3 Å². The zero-order chi connectivity index (χ0) is 26.0. The third-order valence-corrected chi connectivity index (χ3v) is 9.35. The second-order valence-electron chi connectivity index (χ2n) is 8.80. The largest absolute Gasteiger partial charge is 0.476 e. The molecule has 0 fully saturated rings. The van der Waals surface area contributed by atoms with E-state index in [2.05, 4.69) is 17.0 Å². The highest BCUT2D eigenvalue weighted by atomic mass is 35.5. The van der Waals surface area contributed by atoms with Crippen molar-refractivity contribution in [3.05, 3.63) is 81.6 Å². The highest BCUT2D eigenvalue weighted by molar-refractivity contribution is 8.01. The Morgan fingerprint density at radius 2 is 1.89 bits per heavy atom. The van der Waals surface area contributed by atoms with Crippen LogP contribution in [0.15, 0.2) is 53.3 Å². The van der Waals surface area contributed by atoms with E-state index in [-0.39, 0.29) is 10.9 Å². The predicted octanol–water partition coefficient (Wildman–Crippen LogP) is 7.64. The molecule has 11 heteroatoms. The summed E-state index contributed by atoms with van der Waals surface area (Å²) in [5.41, 5.74) is 6.59. The summed E-state index contributed by atoms with van der Waals surface area (Å²) in [5.74, 6) is -1.08. The van der Waals surface area contributed by atoms with Crippen molar-refractivity contribution < 1.29 is 9.90 Å². The number of hydrogen-bond donors (Lipinski definition) is 1. The van der Waals surface area contributed by atoms with E-state index >= 15 is 0 Å². The van der Waals surface area contributed by atoms with Crippen LogP contribution < -0.4 is 0 Å². The second-order valence-corrected chi connectivity index (χ2v) is 12.2. The Morgan fingerprint density at radius 1 is 1.11 bits per heavy atom. The Hall–Kier alpha value is -3.11. The minimum Gasteiger partial charge on any atom is -0.476 e. The maximum atomic E-state index is 12.6. The third kappa shape index (κ3) is 4.06. The number of nitrogens with zero attached hydrogens (tertiary/aromatic N) is 5. The molecule has 6 rings (SSSR count). The van der Waals surface area contributed by atoms with Crippen molar-refractivity contribution >= 4 is 52.3 Å². The molecule has 37 heavy (non-hydrogen) atoms. The van der Waals surface area contributed by atoms with E-state index in [9.17, 15) is 9.90 Å². The molecule has 0 spiro atoms. The summed E-state index contributed by atoms with van der Waals surface area (Å²) in [4.78, 5) is 21.6. The molecule has 3 aromatic heterocycles. The van der Waals surface area contributed by atoms with Gasteiger partial charge in [-0.3, -0.25) is 0 Å². The molecular weight excluding hydrogens is 549 g/mol. The number of halogens is 2. The van der Waals surface area contributed by atoms with Gasteiger partial charge in [0.2, 0.25) is 5.13 Å². The Kier molecular flexibility index (Phi) is 5.91. The number of hydrogen-bond acceptors (Lipinski definition) is 6. The molecule has 186 valence electrons. The van der Waals surface area contributed by atoms with Gasteiger partial charge in [0.25, 0.3) is 0 Å². The van der Waals surface area contributed by atoms with Crippen LogP contribution in [0.2, 0.25) is 10.0 Å². The van der Waals surface area contributed by atoms with Crippen molar-refractivity contribution in [2.75, 3.05) is 0 Å². The van der Waals surface area contributed by atoms with Gasteiger partial charge in [-0.15, -0.1) is 11.8 Å². The zero-order valence-corrected chi connectivity index (χ0v) is 23.0. The van der Waals surface area contributed by atoms with Gasteiger partial charge in [0, 0.05) is 34.5 Å². The first-order valence-electron chi connectivity index (χ1n) is 11.3. The van der Waals surface area contributed by atoms with Gasteiger partial charge >= 0.3 is 5.97 Å². The van der Waals surface area contributed by atoms with Gasteiger partial charge in [0.15, 0.2) is 5.69 Å². The minimum absolute atomic E-state index is 0.0678. The van der Waals surface area contributed by atoms with Crippen LogP contribution in [0.4, 0.5) is 0 Å². The summed E-state index contributed by atoms with van der Waals surface area (Å²) < 4.78 is 4.31. The van der Waals surface area contributed by atoms with Gasteiger partial charge in [-0.1, -0.05) is 40.6 Å².